The molecule has 2 amide bonds. The summed E-state index contributed by atoms with van der Waals surface area (Å²) in [6, 6.07) is 7.66. The van der Waals surface area contributed by atoms with Gasteiger partial charge in [-0.25, -0.2) is 5.01 Å². The number of anilines is 1. The second-order valence-electron chi connectivity index (χ2n) is 7.77. The van der Waals surface area contributed by atoms with Crippen molar-refractivity contribution in [1.29, 1.82) is 0 Å². The van der Waals surface area contributed by atoms with E-state index in [0.29, 0.717) is 37.9 Å². The number of carbonyl (C=O) groups excluding carboxylic acids is 2. The van der Waals surface area contributed by atoms with E-state index in [-0.39, 0.29) is 29.5 Å². The highest BCUT2D eigenvalue weighted by Gasteiger charge is 2.38. The molecule has 10 heteroatoms. The van der Waals surface area contributed by atoms with Crippen LogP contribution in [0.5, 0.6) is 0 Å². The van der Waals surface area contributed by atoms with Gasteiger partial charge in [-0.3, -0.25) is 20.0 Å². The van der Waals surface area contributed by atoms with Gasteiger partial charge in [0.2, 0.25) is 5.91 Å². The van der Waals surface area contributed by atoms with Gasteiger partial charge in [-0.1, -0.05) is 12.5 Å². The second kappa shape index (κ2) is 13.8. The van der Waals surface area contributed by atoms with Crippen LogP contribution in [0.4, 0.5) is 18.9 Å². The molecule has 0 atom stereocenters. The van der Waals surface area contributed by atoms with E-state index in [4.69, 9.17) is 6.42 Å². The third-order valence-corrected chi connectivity index (χ3v) is 5.18. The Hall–Kier alpha value is -3.74. The molecular weight excluding hydrogens is 459 g/mol. The molecule has 0 radical (unpaired) electrons. The number of unbranched alkanes of at least 4 members (excludes halogenated alkanes) is 1. The Morgan fingerprint density at radius 2 is 1.97 bits per heavy atom. The van der Waals surface area contributed by atoms with Gasteiger partial charge in [-0.2, -0.15) is 13.2 Å². The second-order valence-corrected chi connectivity index (χ2v) is 7.77. The van der Waals surface area contributed by atoms with Gasteiger partial charge in [0.15, 0.2) is 0 Å². The number of carbonyl (C=O) groups is 2. The van der Waals surface area contributed by atoms with E-state index in [0.717, 1.165) is 23.9 Å². The van der Waals surface area contributed by atoms with E-state index in [2.05, 4.69) is 21.1 Å². The molecule has 1 aliphatic rings. The van der Waals surface area contributed by atoms with Crippen LogP contribution in [0, 0.1) is 12.5 Å². The van der Waals surface area contributed by atoms with Crippen molar-refractivity contribution in [1.82, 2.24) is 16.1 Å². The van der Waals surface area contributed by atoms with Crippen LogP contribution in [0.25, 0.3) is 0 Å². The summed E-state index contributed by atoms with van der Waals surface area (Å²) in [7, 11) is 1.56. The molecule has 0 bridgehead atoms. The quantitative estimate of drug-likeness (QED) is 0.191. The summed E-state index contributed by atoms with van der Waals surface area (Å²) in [4.78, 5) is 27.7. The summed E-state index contributed by atoms with van der Waals surface area (Å²) in [5.41, 5.74) is 2.45. The van der Waals surface area contributed by atoms with Gasteiger partial charge in [0.05, 0.1) is 5.69 Å². The molecule has 1 aromatic carbocycles. The summed E-state index contributed by atoms with van der Waals surface area (Å²) in [5, 5.41) is 6.03. The monoisotopic (exact) mass is 489 g/mol. The molecule has 7 nitrogen and oxygen atoms in total. The number of terminal acetylenes is 1. The molecule has 0 fully saturated rings. The molecule has 188 valence electrons. The molecule has 0 spiro atoms. The standard InChI is InChI=1S/C25H30F3N5O2/c1-3-32-33(22(25(26,27)28)15-10-19-8-4-6-16-30-18-19)21-13-11-20(12-14-21)24(35)31-17-7-5-9-23(34)29-2/h1,8,11-15,18,32H,4-7,9-10,16-17H2,2H3,(H,29,34)(H,31,35)/b22-15-. The predicted molar refractivity (Wildman–Crippen MR) is 131 cm³/mol. The normalized spacial score (nSPS) is 13.8. The molecule has 1 aliphatic heterocycles. The number of allylic oxidation sites excluding steroid dienone is 4. The predicted octanol–water partition coefficient (Wildman–Crippen LogP) is 3.86. The third kappa shape index (κ3) is 9.20. The number of rotatable bonds is 11. The van der Waals surface area contributed by atoms with Crippen molar-refractivity contribution in [2.75, 3.05) is 25.1 Å². The lowest BCUT2D eigenvalue weighted by Gasteiger charge is -2.27. The maximum atomic E-state index is 13.9. The van der Waals surface area contributed by atoms with Crippen LogP contribution < -0.4 is 21.1 Å². The van der Waals surface area contributed by atoms with Crippen LogP contribution >= 0.6 is 0 Å². The lowest BCUT2D eigenvalue weighted by Crippen LogP contribution is -2.40. The lowest BCUT2D eigenvalue weighted by atomic mass is 10.1. The van der Waals surface area contributed by atoms with Gasteiger partial charge in [0, 0.05) is 44.4 Å². The smallest absolute Gasteiger partial charge is 0.359 e. The molecule has 0 aromatic heterocycles. The van der Waals surface area contributed by atoms with E-state index in [1.54, 1.807) is 13.3 Å². The van der Waals surface area contributed by atoms with Crippen molar-refractivity contribution >= 4 is 23.7 Å². The number of nitrogens with one attached hydrogen (secondary N) is 3. The number of nitrogens with zero attached hydrogens (tertiary/aromatic N) is 2. The fourth-order valence-corrected chi connectivity index (χ4v) is 3.32. The van der Waals surface area contributed by atoms with E-state index in [1.165, 1.54) is 24.3 Å². The summed E-state index contributed by atoms with van der Waals surface area (Å²) in [5.74, 6) is -0.428. The Kier molecular flexibility index (Phi) is 10.9. The Balaban J connectivity index is 2.11. The molecule has 1 heterocycles. The Morgan fingerprint density at radius 3 is 2.63 bits per heavy atom. The van der Waals surface area contributed by atoms with Crippen LogP contribution in [0.1, 0.15) is 48.9 Å². The van der Waals surface area contributed by atoms with Crippen molar-refractivity contribution in [2.45, 2.75) is 44.7 Å². The first kappa shape index (κ1) is 27.5. The van der Waals surface area contributed by atoms with E-state index in [9.17, 15) is 22.8 Å². The number of benzene rings is 1. The number of halogens is 3. The fraction of sp³-hybridized carbons (Fsp3) is 0.400. The maximum Gasteiger partial charge on any atom is 0.433 e. The lowest BCUT2D eigenvalue weighted by molar-refractivity contribution is -0.120. The zero-order valence-corrected chi connectivity index (χ0v) is 19.6. The van der Waals surface area contributed by atoms with Crippen molar-refractivity contribution in [3.05, 3.63) is 53.3 Å². The molecule has 0 saturated carbocycles. The van der Waals surface area contributed by atoms with E-state index >= 15 is 0 Å². The summed E-state index contributed by atoms with van der Waals surface area (Å²) in [6.45, 7) is 1.03. The number of aliphatic imine (C=N–C) groups is 1. The van der Waals surface area contributed by atoms with Crippen LogP contribution in [-0.2, 0) is 4.79 Å². The average molecular weight is 490 g/mol. The fourth-order valence-electron chi connectivity index (χ4n) is 3.32. The van der Waals surface area contributed by atoms with Crippen LogP contribution in [0.3, 0.4) is 0 Å². The Labute approximate surface area is 203 Å². The van der Waals surface area contributed by atoms with Gasteiger partial charge >= 0.3 is 6.18 Å². The van der Waals surface area contributed by atoms with Gasteiger partial charge in [0.1, 0.15) is 5.70 Å². The van der Waals surface area contributed by atoms with Crippen molar-refractivity contribution in [3.8, 4) is 12.5 Å². The van der Waals surface area contributed by atoms with E-state index in [1.807, 2.05) is 12.1 Å². The van der Waals surface area contributed by atoms with Crippen molar-refractivity contribution in [3.63, 3.8) is 0 Å². The first-order chi connectivity index (χ1) is 16.8. The first-order valence-electron chi connectivity index (χ1n) is 11.3. The highest BCUT2D eigenvalue weighted by molar-refractivity contribution is 5.94. The first-order valence-corrected chi connectivity index (χ1v) is 11.3. The van der Waals surface area contributed by atoms with Gasteiger partial charge in [-0.05, 0) is 68.0 Å². The number of hydrogen-bond donors (Lipinski definition) is 3. The summed E-state index contributed by atoms with van der Waals surface area (Å²) in [6.07, 6.45) is 8.41. The minimum Gasteiger partial charge on any atom is -0.359 e. The third-order valence-electron chi connectivity index (χ3n) is 5.18. The molecule has 0 aliphatic carbocycles. The Bertz CT molecular complexity index is 992. The van der Waals surface area contributed by atoms with Crippen LogP contribution in [-0.4, -0.2) is 44.3 Å². The average Bonchev–Trinajstić information content (AvgIpc) is 3.11. The SMILES string of the molecule is C#CNN(/C(=C\CC1=CCCCN=C1)C(F)(F)F)c1ccc(C(=O)NCCCCC(=O)NC)cc1. The molecular formula is C25H30F3N5O2. The Morgan fingerprint density at radius 1 is 1.23 bits per heavy atom. The zero-order chi connectivity index (χ0) is 25.7. The maximum absolute atomic E-state index is 13.9. The molecule has 35 heavy (non-hydrogen) atoms. The number of hydrazine groups is 1. The summed E-state index contributed by atoms with van der Waals surface area (Å²) < 4.78 is 41.8. The van der Waals surface area contributed by atoms with Gasteiger partial charge in [-0.15, -0.1) is 0 Å². The minimum absolute atomic E-state index is 0.0432. The summed E-state index contributed by atoms with van der Waals surface area (Å²) >= 11 is 0. The van der Waals surface area contributed by atoms with Gasteiger partial charge < -0.3 is 10.6 Å². The number of hydrogen-bond acceptors (Lipinski definition) is 5. The topological polar surface area (TPSA) is 85.8 Å². The van der Waals surface area contributed by atoms with Crippen LogP contribution in [0.2, 0.25) is 0 Å². The highest BCUT2D eigenvalue weighted by atomic mass is 19.4. The van der Waals surface area contributed by atoms with E-state index < -0.39 is 11.9 Å². The minimum atomic E-state index is -4.68. The molecule has 2 rings (SSSR count). The molecule has 3 N–H and O–H groups in total. The van der Waals surface area contributed by atoms with Crippen molar-refractivity contribution in [2.24, 2.45) is 4.99 Å². The number of amides is 2. The highest BCUT2D eigenvalue weighted by Crippen LogP contribution is 2.32. The van der Waals surface area contributed by atoms with Crippen molar-refractivity contribution < 1.29 is 22.8 Å². The largest absolute Gasteiger partial charge is 0.433 e. The molecule has 0 saturated heterocycles. The molecule has 0 unspecified atom stereocenters. The van der Waals surface area contributed by atoms with Crippen LogP contribution in [0.15, 0.2) is 52.7 Å². The van der Waals surface area contributed by atoms with Gasteiger partial charge in [0.25, 0.3) is 5.91 Å². The molecule has 1 aromatic rings. The number of alkyl halides is 3. The zero-order valence-electron chi connectivity index (χ0n) is 19.6.